The fourth-order valence-corrected chi connectivity index (χ4v) is 2.86. The first kappa shape index (κ1) is 15.1. The van der Waals surface area contributed by atoms with Gasteiger partial charge in [0.05, 0.1) is 6.04 Å². The van der Waals surface area contributed by atoms with Crippen molar-refractivity contribution in [3.05, 3.63) is 23.7 Å². The van der Waals surface area contributed by atoms with Gasteiger partial charge in [-0.25, -0.2) is 0 Å². The minimum absolute atomic E-state index is 0.0570. The highest BCUT2D eigenvalue weighted by atomic mass is 16.5. The number of aryl methyl sites for hydroxylation is 1. The molecule has 0 bridgehead atoms. The van der Waals surface area contributed by atoms with Crippen molar-refractivity contribution in [2.45, 2.75) is 58.6 Å². The summed E-state index contributed by atoms with van der Waals surface area (Å²) in [6.45, 7) is 7.04. The van der Waals surface area contributed by atoms with Crippen LogP contribution in [-0.2, 0) is 9.53 Å². The molecule has 0 spiro atoms. The maximum absolute atomic E-state index is 12.6. The van der Waals surface area contributed by atoms with Gasteiger partial charge < -0.3 is 14.1 Å². The number of amides is 1. The van der Waals surface area contributed by atoms with Gasteiger partial charge in [-0.3, -0.25) is 4.79 Å². The van der Waals surface area contributed by atoms with Gasteiger partial charge in [0.2, 0.25) is 0 Å². The maximum Gasteiger partial charge on any atom is 0.252 e. The molecule has 0 saturated carbocycles. The Morgan fingerprint density at radius 2 is 2.25 bits per heavy atom. The van der Waals surface area contributed by atoms with E-state index < -0.39 is 0 Å². The molecule has 2 atom stereocenters. The molecule has 1 amide bonds. The van der Waals surface area contributed by atoms with Crippen LogP contribution >= 0.6 is 0 Å². The lowest BCUT2D eigenvalue weighted by molar-refractivity contribution is -0.145. The van der Waals surface area contributed by atoms with Crippen LogP contribution in [0.3, 0.4) is 0 Å². The van der Waals surface area contributed by atoms with Crippen LogP contribution < -0.4 is 0 Å². The van der Waals surface area contributed by atoms with E-state index in [1.54, 1.807) is 0 Å². The summed E-state index contributed by atoms with van der Waals surface area (Å²) in [7, 11) is 0. The molecule has 1 aromatic rings. The van der Waals surface area contributed by atoms with E-state index in [9.17, 15) is 4.79 Å². The second-order valence-electron chi connectivity index (χ2n) is 5.44. The molecule has 1 saturated heterocycles. The smallest absolute Gasteiger partial charge is 0.252 e. The van der Waals surface area contributed by atoms with Crippen LogP contribution in [0.2, 0.25) is 0 Å². The highest BCUT2D eigenvalue weighted by Crippen LogP contribution is 2.31. The van der Waals surface area contributed by atoms with Crippen molar-refractivity contribution >= 4 is 5.91 Å². The third-order valence-electron chi connectivity index (χ3n) is 3.89. The van der Waals surface area contributed by atoms with Gasteiger partial charge in [0.25, 0.3) is 5.91 Å². The Bertz CT molecular complexity index is 441. The summed E-state index contributed by atoms with van der Waals surface area (Å²) in [5.41, 5.74) is 0. The standard InChI is InChI=1S/C16H25NO3/c1-4-19-13(3)16(18)17-11-7-5-6-8-14(17)15-10-9-12(2)20-15/h9-10,13-14H,4-8,11H2,1-3H3/t13-,14+/m1/s1. The minimum Gasteiger partial charge on any atom is -0.464 e. The van der Waals surface area contributed by atoms with Gasteiger partial charge in [-0.05, 0) is 45.7 Å². The van der Waals surface area contributed by atoms with E-state index >= 15 is 0 Å². The summed E-state index contributed by atoms with van der Waals surface area (Å²) in [6.07, 6.45) is 3.95. The van der Waals surface area contributed by atoms with Crippen LogP contribution in [0.15, 0.2) is 16.5 Å². The van der Waals surface area contributed by atoms with Gasteiger partial charge in [0.1, 0.15) is 17.6 Å². The quantitative estimate of drug-likeness (QED) is 0.847. The molecule has 2 heterocycles. The molecule has 4 nitrogen and oxygen atoms in total. The van der Waals surface area contributed by atoms with Gasteiger partial charge in [0, 0.05) is 13.2 Å². The average molecular weight is 279 g/mol. The van der Waals surface area contributed by atoms with Crippen molar-refractivity contribution in [2.24, 2.45) is 0 Å². The molecule has 1 aromatic heterocycles. The van der Waals surface area contributed by atoms with E-state index in [-0.39, 0.29) is 18.1 Å². The van der Waals surface area contributed by atoms with Crippen LogP contribution in [0.1, 0.15) is 57.1 Å². The number of hydrogen-bond donors (Lipinski definition) is 0. The van der Waals surface area contributed by atoms with Crippen molar-refractivity contribution in [1.82, 2.24) is 4.90 Å². The molecule has 1 aliphatic rings. The molecular formula is C16H25NO3. The normalized spacial score (nSPS) is 21.6. The number of ether oxygens (including phenoxy) is 1. The number of likely N-dealkylation sites (tertiary alicyclic amines) is 1. The van der Waals surface area contributed by atoms with Gasteiger partial charge in [-0.2, -0.15) is 0 Å². The SMILES string of the molecule is CCO[C@H](C)C(=O)N1CCCCC[C@H]1c1ccc(C)o1. The van der Waals surface area contributed by atoms with Crippen LogP contribution in [-0.4, -0.2) is 30.1 Å². The summed E-state index contributed by atoms with van der Waals surface area (Å²) in [4.78, 5) is 14.5. The molecule has 0 unspecified atom stereocenters. The Hall–Kier alpha value is -1.29. The number of carbonyl (C=O) groups excluding carboxylic acids is 1. The zero-order valence-corrected chi connectivity index (χ0v) is 12.7. The van der Waals surface area contributed by atoms with E-state index in [4.69, 9.17) is 9.15 Å². The molecular weight excluding hydrogens is 254 g/mol. The Balaban J connectivity index is 2.18. The summed E-state index contributed by atoms with van der Waals surface area (Å²) in [5.74, 6) is 1.88. The molecule has 0 aliphatic carbocycles. The monoisotopic (exact) mass is 279 g/mol. The predicted molar refractivity (Wildman–Crippen MR) is 77.5 cm³/mol. The van der Waals surface area contributed by atoms with Crippen molar-refractivity contribution in [3.63, 3.8) is 0 Å². The van der Waals surface area contributed by atoms with E-state index in [1.165, 1.54) is 6.42 Å². The van der Waals surface area contributed by atoms with Crippen LogP contribution in [0.5, 0.6) is 0 Å². The zero-order valence-electron chi connectivity index (χ0n) is 12.7. The topological polar surface area (TPSA) is 42.7 Å². The lowest BCUT2D eigenvalue weighted by atomic mass is 10.1. The van der Waals surface area contributed by atoms with Crippen LogP contribution in [0, 0.1) is 6.92 Å². The second-order valence-corrected chi connectivity index (χ2v) is 5.44. The van der Waals surface area contributed by atoms with E-state index in [0.717, 1.165) is 37.3 Å². The van der Waals surface area contributed by atoms with Gasteiger partial charge in [-0.15, -0.1) is 0 Å². The number of furan rings is 1. The minimum atomic E-state index is -0.378. The Morgan fingerprint density at radius 3 is 2.90 bits per heavy atom. The molecule has 1 aliphatic heterocycles. The Kier molecular flexibility index (Phi) is 5.24. The average Bonchev–Trinajstić information content (AvgIpc) is 2.72. The lowest BCUT2D eigenvalue weighted by Gasteiger charge is -2.30. The fraction of sp³-hybridized carbons (Fsp3) is 0.688. The first-order valence-corrected chi connectivity index (χ1v) is 7.62. The number of rotatable bonds is 4. The third-order valence-corrected chi connectivity index (χ3v) is 3.89. The summed E-state index contributed by atoms with van der Waals surface area (Å²) in [6, 6.07) is 4.02. The van der Waals surface area contributed by atoms with Gasteiger partial charge in [-0.1, -0.05) is 12.8 Å². The molecule has 2 rings (SSSR count). The molecule has 112 valence electrons. The molecule has 4 heteroatoms. The predicted octanol–water partition coefficient (Wildman–Crippen LogP) is 3.46. The zero-order chi connectivity index (χ0) is 14.5. The lowest BCUT2D eigenvalue weighted by Crippen LogP contribution is -2.41. The third kappa shape index (κ3) is 3.42. The van der Waals surface area contributed by atoms with Crippen molar-refractivity contribution in [2.75, 3.05) is 13.2 Å². The fourth-order valence-electron chi connectivity index (χ4n) is 2.86. The second kappa shape index (κ2) is 6.93. The number of nitrogens with zero attached hydrogens (tertiary/aromatic N) is 1. The van der Waals surface area contributed by atoms with E-state index in [0.29, 0.717) is 6.61 Å². The maximum atomic E-state index is 12.6. The van der Waals surface area contributed by atoms with Crippen molar-refractivity contribution in [3.8, 4) is 0 Å². The largest absolute Gasteiger partial charge is 0.464 e. The van der Waals surface area contributed by atoms with Crippen LogP contribution in [0.4, 0.5) is 0 Å². The summed E-state index contributed by atoms with van der Waals surface area (Å²) in [5, 5.41) is 0. The van der Waals surface area contributed by atoms with Crippen molar-refractivity contribution < 1.29 is 13.9 Å². The van der Waals surface area contributed by atoms with Gasteiger partial charge in [0.15, 0.2) is 0 Å². The van der Waals surface area contributed by atoms with Gasteiger partial charge >= 0.3 is 0 Å². The Labute approximate surface area is 121 Å². The van der Waals surface area contributed by atoms with E-state index in [1.807, 2.05) is 37.8 Å². The summed E-state index contributed by atoms with van der Waals surface area (Å²) < 4.78 is 11.2. The summed E-state index contributed by atoms with van der Waals surface area (Å²) >= 11 is 0. The number of carbonyl (C=O) groups is 1. The molecule has 0 aromatic carbocycles. The van der Waals surface area contributed by atoms with Crippen molar-refractivity contribution in [1.29, 1.82) is 0 Å². The first-order valence-electron chi connectivity index (χ1n) is 7.62. The molecule has 20 heavy (non-hydrogen) atoms. The molecule has 0 N–H and O–H groups in total. The number of hydrogen-bond acceptors (Lipinski definition) is 3. The highest BCUT2D eigenvalue weighted by molar-refractivity contribution is 5.81. The molecule has 0 radical (unpaired) electrons. The highest BCUT2D eigenvalue weighted by Gasteiger charge is 2.31. The van der Waals surface area contributed by atoms with E-state index in [2.05, 4.69) is 0 Å². The Morgan fingerprint density at radius 1 is 1.45 bits per heavy atom. The first-order chi connectivity index (χ1) is 9.63. The molecule has 1 fully saturated rings. The van der Waals surface area contributed by atoms with Crippen LogP contribution in [0.25, 0.3) is 0 Å².